The summed E-state index contributed by atoms with van der Waals surface area (Å²) in [6.45, 7) is 2.94. The van der Waals surface area contributed by atoms with Crippen molar-refractivity contribution in [1.82, 2.24) is 10.1 Å². The van der Waals surface area contributed by atoms with Gasteiger partial charge < -0.3 is 14.5 Å². The molecule has 0 aliphatic carbocycles. The fourth-order valence-electron chi connectivity index (χ4n) is 2.68. The standard InChI is InChI=1S/C16H17ClN2O3/c1-10(20)12-5-6-19(9-12)16(21)14-8-15(22-18-14)11-3-2-4-13(17)7-11/h2-4,7-8,10,12,20H,5-6,9H2,1H3. The molecule has 1 fully saturated rings. The lowest BCUT2D eigenvalue weighted by Gasteiger charge is -2.16. The van der Waals surface area contributed by atoms with E-state index >= 15 is 0 Å². The topological polar surface area (TPSA) is 66.6 Å². The van der Waals surface area contributed by atoms with Crippen LogP contribution in [0.15, 0.2) is 34.9 Å². The minimum absolute atomic E-state index is 0.128. The number of hydrogen-bond acceptors (Lipinski definition) is 4. The molecule has 2 atom stereocenters. The van der Waals surface area contributed by atoms with Crippen LogP contribution in [-0.2, 0) is 0 Å². The van der Waals surface area contributed by atoms with Crippen LogP contribution in [0.1, 0.15) is 23.8 Å². The average molecular weight is 321 g/mol. The smallest absolute Gasteiger partial charge is 0.276 e. The molecule has 6 heteroatoms. The first-order valence-corrected chi connectivity index (χ1v) is 7.62. The first-order valence-electron chi connectivity index (χ1n) is 7.24. The molecule has 1 amide bonds. The summed E-state index contributed by atoms with van der Waals surface area (Å²) in [6.07, 6.45) is 0.403. The molecule has 5 nitrogen and oxygen atoms in total. The molecular weight excluding hydrogens is 304 g/mol. The molecule has 1 N–H and O–H groups in total. The first kappa shape index (κ1) is 15.1. The van der Waals surface area contributed by atoms with E-state index in [1.807, 2.05) is 12.1 Å². The van der Waals surface area contributed by atoms with Crippen molar-refractivity contribution in [3.8, 4) is 11.3 Å². The number of aromatic nitrogens is 1. The molecule has 22 heavy (non-hydrogen) atoms. The highest BCUT2D eigenvalue weighted by molar-refractivity contribution is 6.30. The van der Waals surface area contributed by atoms with E-state index in [0.29, 0.717) is 23.9 Å². The van der Waals surface area contributed by atoms with Crippen LogP contribution in [0.4, 0.5) is 0 Å². The van der Waals surface area contributed by atoms with Crippen molar-refractivity contribution in [2.45, 2.75) is 19.4 Å². The van der Waals surface area contributed by atoms with E-state index < -0.39 is 6.10 Å². The molecular formula is C16H17ClN2O3. The maximum atomic E-state index is 12.4. The number of halogens is 1. The third-order valence-electron chi connectivity index (χ3n) is 4.03. The zero-order valence-electron chi connectivity index (χ0n) is 12.2. The molecule has 1 aromatic carbocycles. The fourth-order valence-corrected chi connectivity index (χ4v) is 2.87. The summed E-state index contributed by atoms with van der Waals surface area (Å²) in [4.78, 5) is 14.1. The van der Waals surface area contributed by atoms with Gasteiger partial charge in [0.15, 0.2) is 11.5 Å². The number of benzene rings is 1. The normalized spacial score (nSPS) is 19.4. The summed E-state index contributed by atoms with van der Waals surface area (Å²) in [7, 11) is 0. The van der Waals surface area contributed by atoms with Gasteiger partial charge in [-0.3, -0.25) is 4.79 Å². The molecule has 2 unspecified atom stereocenters. The van der Waals surface area contributed by atoms with Crippen molar-refractivity contribution in [2.24, 2.45) is 5.92 Å². The van der Waals surface area contributed by atoms with E-state index in [0.717, 1.165) is 12.0 Å². The van der Waals surface area contributed by atoms with E-state index in [2.05, 4.69) is 5.16 Å². The second-order valence-corrected chi connectivity index (χ2v) is 6.06. The van der Waals surface area contributed by atoms with Gasteiger partial charge in [-0.25, -0.2) is 0 Å². The second-order valence-electron chi connectivity index (χ2n) is 5.63. The molecule has 1 aliphatic heterocycles. The van der Waals surface area contributed by atoms with Crippen LogP contribution >= 0.6 is 11.6 Å². The molecule has 2 heterocycles. The Morgan fingerprint density at radius 1 is 1.50 bits per heavy atom. The van der Waals surface area contributed by atoms with Crippen LogP contribution in [0.25, 0.3) is 11.3 Å². The average Bonchev–Trinajstić information content (AvgIpc) is 3.16. The summed E-state index contributed by atoms with van der Waals surface area (Å²) in [6, 6.07) is 8.82. The Hall–Kier alpha value is -1.85. The number of amides is 1. The van der Waals surface area contributed by atoms with Gasteiger partial charge in [0.1, 0.15) is 0 Å². The highest BCUT2D eigenvalue weighted by atomic mass is 35.5. The first-order chi connectivity index (χ1) is 10.5. The van der Waals surface area contributed by atoms with Crippen molar-refractivity contribution in [3.63, 3.8) is 0 Å². The number of aliphatic hydroxyl groups is 1. The van der Waals surface area contributed by atoms with Gasteiger partial charge in [-0.2, -0.15) is 0 Å². The van der Waals surface area contributed by atoms with Gasteiger partial charge in [-0.15, -0.1) is 0 Å². The number of carbonyl (C=O) groups excluding carboxylic acids is 1. The minimum atomic E-state index is -0.405. The molecule has 0 radical (unpaired) electrons. The number of carbonyl (C=O) groups is 1. The summed E-state index contributed by atoms with van der Waals surface area (Å²) >= 11 is 5.95. The Balaban J connectivity index is 1.75. The second kappa shape index (κ2) is 6.10. The lowest BCUT2D eigenvalue weighted by molar-refractivity contribution is 0.0752. The summed E-state index contributed by atoms with van der Waals surface area (Å²) in [5.74, 6) is 0.473. The Bertz CT molecular complexity index is 684. The van der Waals surface area contributed by atoms with Gasteiger partial charge in [0.05, 0.1) is 6.10 Å². The monoisotopic (exact) mass is 320 g/mol. The largest absolute Gasteiger partial charge is 0.393 e. The SMILES string of the molecule is CC(O)C1CCN(C(=O)c2cc(-c3cccc(Cl)c3)on2)C1. The van der Waals surface area contributed by atoms with Crippen molar-refractivity contribution < 1.29 is 14.4 Å². The van der Waals surface area contributed by atoms with Crippen LogP contribution in [0.5, 0.6) is 0 Å². The molecule has 2 aromatic rings. The number of likely N-dealkylation sites (tertiary alicyclic amines) is 1. The maximum Gasteiger partial charge on any atom is 0.276 e. The lowest BCUT2D eigenvalue weighted by Crippen LogP contribution is -2.30. The van der Waals surface area contributed by atoms with Crippen molar-refractivity contribution in [1.29, 1.82) is 0 Å². The summed E-state index contributed by atoms with van der Waals surface area (Å²) < 4.78 is 5.26. The predicted octanol–water partition coefficient (Wildman–Crippen LogP) is 2.84. The van der Waals surface area contributed by atoms with E-state index in [-0.39, 0.29) is 17.5 Å². The molecule has 3 rings (SSSR count). The Labute approximate surface area is 133 Å². The Morgan fingerprint density at radius 2 is 2.32 bits per heavy atom. The van der Waals surface area contributed by atoms with Crippen LogP contribution in [0.3, 0.4) is 0 Å². The summed E-state index contributed by atoms with van der Waals surface area (Å²) in [5.41, 5.74) is 1.06. The third kappa shape index (κ3) is 3.00. The van der Waals surface area contributed by atoms with Crippen molar-refractivity contribution in [3.05, 3.63) is 41.0 Å². The molecule has 1 aliphatic rings. The van der Waals surface area contributed by atoms with Gasteiger partial charge in [0.25, 0.3) is 5.91 Å². The van der Waals surface area contributed by atoms with Gasteiger partial charge in [0.2, 0.25) is 0 Å². The van der Waals surface area contributed by atoms with Crippen LogP contribution in [0.2, 0.25) is 5.02 Å². The predicted molar refractivity (Wildman–Crippen MR) is 82.6 cm³/mol. The Kier molecular flexibility index (Phi) is 4.18. The van der Waals surface area contributed by atoms with E-state index in [1.54, 1.807) is 30.0 Å². The maximum absolute atomic E-state index is 12.4. The molecule has 1 saturated heterocycles. The van der Waals surface area contributed by atoms with Crippen molar-refractivity contribution >= 4 is 17.5 Å². The number of rotatable bonds is 3. The molecule has 116 valence electrons. The van der Waals surface area contributed by atoms with E-state index in [4.69, 9.17) is 16.1 Å². The lowest BCUT2D eigenvalue weighted by atomic mass is 10.0. The number of hydrogen-bond donors (Lipinski definition) is 1. The summed E-state index contributed by atoms with van der Waals surface area (Å²) in [5, 5.41) is 14.1. The molecule has 0 bridgehead atoms. The van der Waals surface area contributed by atoms with Gasteiger partial charge >= 0.3 is 0 Å². The van der Waals surface area contributed by atoms with Gasteiger partial charge in [-0.1, -0.05) is 28.9 Å². The van der Waals surface area contributed by atoms with E-state index in [1.165, 1.54) is 0 Å². The molecule has 1 aromatic heterocycles. The Morgan fingerprint density at radius 3 is 3.00 bits per heavy atom. The minimum Gasteiger partial charge on any atom is -0.393 e. The zero-order chi connectivity index (χ0) is 15.7. The molecule has 0 spiro atoms. The fraction of sp³-hybridized carbons (Fsp3) is 0.375. The number of aliphatic hydroxyl groups excluding tert-OH is 1. The quantitative estimate of drug-likeness (QED) is 0.944. The highest BCUT2D eigenvalue weighted by Crippen LogP contribution is 2.25. The van der Waals surface area contributed by atoms with Crippen LogP contribution in [0, 0.1) is 5.92 Å². The molecule has 0 saturated carbocycles. The zero-order valence-corrected chi connectivity index (χ0v) is 13.0. The van der Waals surface area contributed by atoms with Gasteiger partial charge in [-0.05, 0) is 25.5 Å². The van der Waals surface area contributed by atoms with Gasteiger partial charge in [0, 0.05) is 35.7 Å². The highest BCUT2D eigenvalue weighted by Gasteiger charge is 2.31. The third-order valence-corrected chi connectivity index (χ3v) is 4.27. The van der Waals surface area contributed by atoms with Crippen LogP contribution in [-0.4, -0.2) is 40.3 Å². The van der Waals surface area contributed by atoms with Crippen molar-refractivity contribution in [2.75, 3.05) is 13.1 Å². The number of nitrogens with zero attached hydrogens (tertiary/aromatic N) is 2. The van der Waals surface area contributed by atoms with Crippen LogP contribution < -0.4 is 0 Å². The van der Waals surface area contributed by atoms with E-state index in [9.17, 15) is 9.90 Å².